The lowest BCUT2D eigenvalue weighted by atomic mass is 10.2. The molecule has 0 aliphatic rings. The molecule has 0 radical (unpaired) electrons. The second-order valence-electron chi connectivity index (χ2n) is 4.71. The van der Waals surface area contributed by atoms with Gasteiger partial charge < -0.3 is 10.1 Å². The van der Waals surface area contributed by atoms with E-state index in [0.717, 1.165) is 0 Å². The third-order valence-electron chi connectivity index (χ3n) is 3.05. The van der Waals surface area contributed by atoms with Crippen LogP contribution in [0, 0.1) is 0 Å². The zero-order chi connectivity index (χ0) is 17.5. The number of carbonyl (C=O) groups is 2. The smallest absolute Gasteiger partial charge is 0.334 e. The second-order valence-corrected chi connectivity index (χ2v) is 5.56. The number of hydrogen-bond donors (Lipinski definition) is 1. The number of carbonyl (C=O) groups excluding carboxylic acids is 2. The summed E-state index contributed by atoms with van der Waals surface area (Å²) >= 11 is 11.8. The Morgan fingerprint density at radius 1 is 1.17 bits per heavy atom. The number of ether oxygens (including phenoxy) is 1. The molecule has 0 spiro atoms. The minimum Gasteiger partial charge on any atom is -0.467 e. The van der Waals surface area contributed by atoms with E-state index < -0.39 is 17.9 Å². The molecule has 0 aromatic heterocycles. The second kappa shape index (κ2) is 8.47. The van der Waals surface area contributed by atoms with Crippen molar-refractivity contribution in [2.45, 2.75) is 6.04 Å². The number of nitrogens with one attached hydrogen (secondary N) is 1. The minimum atomic E-state index is -1.05. The highest BCUT2D eigenvalue weighted by atomic mass is 35.5. The zero-order valence-corrected chi connectivity index (χ0v) is 14.2. The van der Waals surface area contributed by atoms with Crippen molar-refractivity contribution in [2.75, 3.05) is 7.11 Å². The Balaban J connectivity index is 2.18. The molecule has 2 aromatic carbocycles. The van der Waals surface area contributed by atoms with Gasteiger partial charge in [0, 0.05) is 11.2 Å². The molecule has 0 aliphatic heterocycles. The summed E-state index contributed by atoms with van der Waals surface area (Å²) < 4.78 is 4.69. The van der Waals surface area contributed by atoms with Crippen molar-refractivity contribution in [1.82, 2.24) is 5.32 Å². The molecule has 1 N–H and O–H groups in total. The molecule has 0 heterocycles. The van der Waals surface area contributed by atoms with E-state index in [0.29, 0.717) is 10.7 Å². The number of nitrogens with zero attached hydrogens (tertiary/aromatic N) is 1. The fourth-order valence-corrected chi connectivity index (χ4v) is 2.35. The van der Waals surface area contributed by atoms with Crippen LogP contribution < -0.4 is 5.32 Å². The van der Waals surface area contributed by atoms with Crippen molar-refractivity contribution in [2.24, 2.45) is 4.99 Å². The maximum atomic E-state index is 12.3. The number of benzene rings is 2. The van der Waals surface area contributed by atoms with E-state index in [2.05, 4.69) is 15.0 Å². The molecule has 2 aromatic rings. The molecule has 5 nitrogen and oxygen atoms in total. The predicted molar refractivity (Wildman–Crippen MR) is 94.3 cm³/mol. The molecular formula is C17H14Cl2N2O3. The van der Waals surface area contributed by atoms with Gasteiger partial charge in [0.25, 0.3) is 5.91 Å². The molecule has 0 bridgehead atoms. The van der Waals surface area contributed by atoms with Gasteiger partial charge in [0.05, 0.1) is 23.4 Å². The van der Waals surface area contributed by atoms with Crippen molar-refractivity contribution in [3.8, 4) is 0 Å². The Hall–Kier alpha value is -2.37. The zero-order valence-electron chi connectivity index (χ0n) is 12.7. The Morgan fingerprint density at radius 3 is 2.50 bits per heavy atom. The number of aliphatic imine (C=N–C) groups is 1. The van der Waals surface area contributed by atoms with E-state index >= 15 is 0 Å². The molecule has 1 unspecified atom stereocenters. The van der Waals surface area contributed by atoms with E-state index in [1.807, 2.05) is 18.2 Å². The number of para-hydroxylation sites is 1. The lowest BCUT2D eigenvalue weighted by Gasteiger charge is -2.13. The van der Waals surface area contributed by atoms with Gasteiger partial charge in [-0.25, -0.2) is 4.79 Å². The minimum absolute atomic E-state index is 0.184. The van der Waals surface area contributed by atoms with Gasteiger partial charge in [-0.1, -0.05) is 41.4 Å². The van der Waals surface area contributed by atoms with Crippen LogP contribution in [-0.4, -0.2) is 31.2 Å². The quantitative estimate of drug-likeness (QED) is 0.649. The van der Waals surface area contributed by atoms with Gasteiger partial charge in [-0.2, -0.15) is 0 Å². The molecule has 1 amide bonds. The van der Waals surface area contributed by atoms with E-state index in [1.54, 1.807) is 12.1 Å². The molecule has 0 fully saturated rings. The lowest BCUT2D eigenvalue weighted by Crippen LogP contribution is -2.42. The number of amides is 1. The number of esters is 1. The van der Waals surface area contributed by atoms with Gasteiger partial charge in [-0.3, -0.25) is 9.79 Å². The molecule has 0 saturated carbocycles. The van der Waals surface area contributed by atoms with Gasteiger partial charge in [0.15, 0.2) is 6.04 Å². The molecule has 2 rings (SSSR count). The SMILES string of the molecule is COC(=O)C(C=Nc1ccccc1)NC(=O)c1ccc(Cl)cc1Cl. The maximum Gasteiger partial charge on any atom is 0.334 e. The van der Waals surface area contributed by atoms with E-state index in [4.69, 9.17) is 23.2 Å². The summed E-state index contributed by atoms with van der Waals surface area (Å²) in [5.74, 6) is -1.18. The van der Waals surface area contributed by atoms with Crippen molar-refractivity contribution in [3.05, 3.63) is 64.1 Å². The Labute approximate surface area is 149 Å². The first-order chi connectivity index (χ1) is 11.5. The monoisotopic (exact) mass is 364 g/mol. The number of halogens is 2. The van der Waals surface area contributed by atoms with Crippen LogP contribution in [0.25, 0.3) is 0 Å². The summed E-state index contributed by atoms with van der Waals surface area (Å²) in [6.07, 6.45) is 1.31. The summed E-state index contributed by atoms with van der Waals surface area (Å²) in [5.41, 5.74) is 0.841. The van der Waals surface area contributed by atoms with Crippen LogP contribution in [0.4, 0.5) is 5.69 Å². The van der Waals surface area contributed by atoms with Gasteiger partial charge in [-0.15, -0.1) is 0 Å². The van der Waals surface area contributed by atoms with E-state index in [-0.39, 0.29) is 10.6 Å². The molecule has 124 valence electrons. The first kappa shape index (κ1) is 18.0. The summed E-state index contributed by atoms with van der Waals surface area (Å²) in [7, 11) is 1.23. The highest BCUT2D eigenvalue weighted by Crippen LogP contribution is 2.21. The average molecular weight is 365 g/mol. The van der Waals surface area contributed by atoms with Crippen LogP contribution in [0.1, 0.15) is 10.4 Å². The lowest BCUT2D eigenvalue weighted by molar-refractivity contribution is -0.140. The summed E-state index contributed by atoms with van der Waals surface area (Å²) in [6.45, 7) is 0. The van der Waals surface area contributed by atoms with Crippen LogP contribution in [0.3, 0.4) is 0 Å². The van der Waals surface area contributed by atoms with Crippen LogP contribution in [0.2, 0.25) is 10.0 Å². The fraction of sp³-hybridized carbons (Fsp3) is 0.118. The average Bonchev–Trinajstić information content (AvgIpc) is 2.58. The summed E-state index contributed by atoms with van der Waals surface area (Å²) in [4.78, 5) is 28.3. The number of rotatable bonds is 5. The summed E-state index contributed by atoms with van der Waals surface area (Å²) in [5, 5.41) is 3.12. The fourth-order valence-electron chi connectivity index (χ4n) is 1.85. The van der Waals surface area contributed by atoms with Crippen LogP contribution in [-0.2, 0) is 9.53 Å². The van der Waals surface area contributed by atoms with E-state index in [9.17, 15) is 9.59 Å². The van der Waals surface area contributed by atoms with Gasteiger partial charge >= 0.3 is 5.97 Å². The van der Waals surface area contributed by atoms with Crippen LogP contribution in [0.5, 0.6) is 0 Å². The Bertz CT molecular complexity index is 764. The molecule has 24 heavy (non-hydrogen) atoms. The van der Waals surface area contributed by atoms with Crippen molar-refractivity contribution < 1.29 is 14.3 Å². The third-order valence-corrected chi connectivity index (χ3v) is 3.59. The highest BCUT2D eigenvalue weighted by Gasteiger charge is 2.21. The largest absolute Gasteiger partial charge is 0.467 e. The van der Waals surface area contributed by atoms with Gasteiger partial charge in [0.1, 0.15) is 0 Å². The van der Waals surface area contributed by atoms with Crippen molar-refractivity contribution in [3.63, 3.8) is 0 Å². The highest BCUT2D eigenvalue weighted by molar-refractivity contribution is 6.36. The molecule has 0 saturated heterocycles. The number of hydrogen-bond acceptors (Lipinski definition) is 4. The predicted octanol–water partition coefficient (Wildman–Crippen LogP) is 3.67. The first-order valence-corrected chi connectivity index (χ1v) is 7.70. The topological polar surface area (TPSA) is 67.8 Å². The normalized spacial score (nSPS) is 12.0. The summed E-state index contributed by atoms with van der Waals surface area (Å²) in [6, 6.07) is 12.4. The van der Waals surface area contributed by atoms with Crippen LogP contribution >= 0.6 is 23.2 Å². The molecule has 0 aliphatic carbocycles. The number of methoxy groups -OCH3 is 1. The standard InChI is InChI=1S/C17H14Cl2N2O3/c1-24-17(23)15(10-20-12-5-3-2-4-6-12)21-16(22)13-8-7-11(18)9-14(13)19/h2-10,15H,1H3,(H,21,22). The third kappa shape index (κ3) is 4.81. The van der Waals surface area contributed by atoms with Crippen LogP contribution in [0.15, 0.2) is 53.5 Å². The molecule has 1 atom stereocenters. The first-order valence-electron chi connectivity index (χ1n) is 6.94. The molecule has 7 heteroatoms. The van der Waals surface area contributed by atoms with E-state index in [1.165, 1.54) is 31.5 Å². The Morgan fingerprint density at radius 2 is 1.88 bits per heavy atom. The Kier molecular flexibility index (Phi) is 6.35. The van der Waals surface area contributed by atoms with Gasteiger partial charge in [0.2, 0.25) is 0 Å². The maximum absolute atomic E-state index is 12.3. The van der Waals surface area contributed by atoms with Crippen molar-refractivity contribution >= 4 is 47.0 Å². The van der Waals surface area contributed by atoms with Gasteiger partial charge in [-0.05, 0) is 30.3 Å². The van der Waals surface area contributed by atoms with Crippen molar-refractivity contribution in [1.29, 1.82) is 0 Å². The molecular weight excluding hydrogens is 351 g/mol.